The molecule has 3 aromatic carbocycles. The van der Waals surface area contributed by atoms with Crippen molar-refractivity contribution >= 4 is 38.2 Å². The molecule has 0 spiro atoms. The summed E-state index contributed by atoms with van der Waals surface area (Å²) in [5.41, 5.74) is 4.20. The first-order valence-electron chi connectivity index (χ1n) is 15.0. The predicted octanol–water partition coefficient (Wildman–Crippen LogP) is 5.16. The number of aromatic nitrogens is 3. The smallest absolute Gasteiger partial charge is 0.260 e. The fourth-order valence-corrected chi connectivity index (χ4v) is 7.41. The van der Waals surface area contributed by atoms with Crippen molar-refractivity contribution in [1.29, 1.82) is 0 Å². The van der Waals surface area contributed by atoms with Crippen molar-refractivity contribution in [1.82, 2.24) is 19.9 Å². The first-order valence-corrected chi connectivity index (χ1v) is 16.5. The van der Waals surface area contributed by atoms with E-state index in [1.807, 2.05) is 6.07 Å². The molecule has 3 heterocycles. The molecule has 9 nitrogen and oxygen atoms in total. The van der Waals surface area contributed by atoms with Crippen LogP contribution in [0.1, 0.15) is 18.4 Å². The summed E-state index contributed by atoms with van der Waals surface area (Å²) in [6, 6.07) is 23.0. The fourth-order valence-electron chi connectivity index (χ4n) is 5.91. The molecule has 2 fully saturated rings. The summed E-state index contributed by atoms with van der Waals surface area (Å²) in [6.07, 6.45) is 3.80. The van der Waals surface area contributed by atoms with Gasteiger partial charge in [0, 0.05) is 66.8 Å². The van der Waals surface area contributed by atoms with E-state index in [1.54, 1.807) is 71.4 Å². The Morgan fingerprint density at radius 2 is 1.68 bits per heavy atom. The van der Waals surface area contributed by atoms with Gasteiger partial charge < -0.3 is 15.5 Å². The van der Waals surface area contributed by atoms with Crippen LogP contribution in [-0.4, -0.2) is 49.1 Å². The topological polar surface area (TPSA) is 109 Å². The van der Waals surface area contributed by atoms with Crippen LogP contribution in [0.2, 0.25) is 0 Å². The Kier molecular flexibility index (Phi) is 7.39. The van der Waals surface area contributed by atoms with Gasteiger partial charge in [-0.25, -0.2) is 13.4 Å². The highest BCUT2D eigenvalue weighted by Crippen LogP contribution is 2.34. The third-order valence-electron chi connectivity index (χ3n) is 8.40. The molecule has 224 valence electrons. The highest BCUT2D eigenvalue weighted by Gasteiger charge is 2.27. The number of anilines is 3. The van der Waals surface area contributed by atoms with Crippen LogP contribution < -0.4 is 21.1 Å². The van der Waals surface area contributed by atoms with Gasteiger partial charge in [-0.1, -0.05) is 36.4 Å². The second-order valence-corrected chi connectivity index (χ2v) is 13.5. The molecule has 1 saturated carbocycles. The van der Waals surface area contributed by atoms with Crippen LogP contribution >= 0.6 is 0 Å². The Labute approximate surface area is 256 Å². The van der Waals surface area contributed by atoms with Gasteiger partial charge in [-0.05, 0) is 73.7 Å². The first-order chi connectivity index (χ1) is 21.4. The third-order valence-corrected chi connectivity index (χ3v) is 10.2. The molecule has 1 aliphatic carbocycles. The van der Waals surface area contributed by atoms with Crippen molar-refractivity contribution in [3.8, 4) is 11.1 Å². The first kappa shape index (κ1) is 28.2. The van der Waals surface area contributed by atoms with E-state index in [-0.39, 0.29) is 15.4 Å². The average Bonchev–Trinajstić information content (AvgIpc) is 3.88. The molecule has 7 rings (SSSR count). The van der Waals surface area contributed by atoms with Gasteiger partial charge in [0.15, 0.2) is 0 Å². The molecule has 2 N–H and O–H groups in total. The Balaban J connectivity index is 1.28. The Morgan fingerprint density at radius 1 is 0.932 bits per heavy atom. The van der Waals surface area contributed by atoms with E-state index in [9.17, 15) is 13.2 Å². The number of rotatable bonds is 8. The number of hydrogen-bond donors (Lipinski definition) is 2. The lowest BCUT2D eigenvalue weighted by Gasteiger charge is -2.30. The lowest BCUT2D eigenvalue weighted by Crippen LogP contribution is -2.43. The van der Waals surface area contributed by atoms with Crippen molar-refractivity contribution in [3.63, 3.8) is 0 Å². The van der Waals surface area contributed by atoms with Crippen LogP contribution in [-0.2, 0) is 16.4 Å². The zero-order chi connectivity index (χ0) is 30.3. The minimum absolute atomic E-state index is 0.0967. The number of benzene rings is 3. The number of nitrogens with one attached hydrogen (secondary N) is 2. The maximum absolute atomic E-state index is 14.1. The normalized spacial score (nSPS) is 15.4. The lowest BCUT2D eigenvalue weighted by molar-refractivity contribution is 0.588. The van der Waals surface area contributed by atoms with Gasteiger partial charge in [-0.15, -0.1) is 0 Å². The van der Waals surface area contributed by atoms with Crippen LogP contribution in [0.5, 0.6) is 0 Å². The number of fused-ring (bicyclic) bond motifs is 1. The molecule has 0 bridgehead atoms. The zero-order valence-electron chi connectivity index (χ0n) is 24.5. The van der Waals surface area contributed by atoms with Crippen LogP contribution in [0.3, 0.4) is 0 Å². The largest absolute Gasteiger partial charge is 0.369 e. The van der Waals surface area contributed by atoms with Crippen molar-refractivity contribution < 1.29 is 8.42 Å². The van der Waals surface area contributed by atoms with E-state index >= 15 is 0 Å². The number of pyridine rings is 1. The standard InChI is InChI=1S/C34H34N6O3S/c1-23-19-26(13-14-30(23)39-17-15-35-16-18-39)37-34-36-21-25-20-29(33(41)40(32(25)38-34)22-24-11-12-24)28-9-5-6-10-31(28)44(42,43)27-7-3-2-4-8-27/h2-10,13-14,19-21,24,35H,11-12,15-18,22H2,1H3,(H,36,37,38). The van der Waals surface area contributed by atoms with Gasteiger partial charge in [-0.2, -0.15) is 4.98 Å². The molecule has 2 aromatic heterocycles. The van der Waals surface area contributed by atoms with Gasteiger partial charge in [-0.3, -0.25) is 9.36 Å². The zero-order valence-corrected chi connectivity index (χ0v) is 25.3. The third kappa shape index (κ3) is 5.46. The van der Waals surface area contributed by atoms with Crippen molar-refractivity contribution in [3.05, 3.63) is 101 Å². The molecule has 5 aromatic rings. The van der Waals surface area contributed by atoms with Crippen LogP contribution in [0.15, 0.2) is 99.6 Å². The second-order valence-electron chi connectivity index (χ2n) is 11.6. The number of sulfone groups is 1. The molecular formula is C34H34N6O3S. The highest BCUT2D eigenvalue weighted by molar-refractivity contribution is 7.91. The SMILES string of the molecule is Cc1cc(Nc2ncc3cc(-c4ccccc4S(=O)(=O)c4ccccc4)c(=O)n(CC4CC4)c3n2)ccc1N1CCNCC1. The van der Waals surface area contributed by atoms with Gasteiger partial charge in [0.05, 0.1) is 9.79 Å². The van der Waals surface area contributed by atoms with Gasteiger partial charge in [0.1, 0.15) is 5.65 Å². The number of aryl methyl sites for hydroxylation is 1. The predicted molar refractivity (Wildman–Crippen MR) is 173 cm³/mol. The fraction of sp³-hybridized carbons (Fsp3) is 0.265. The summed E-state index contributed by atoms with van der Waals surface area (Å²) in [6.45, 7) is 6.53. The van der Waals surface area contributed by atoms with Crippen LogP contribution in [0, 0.1) is 12.8 Å². The van der Waals surface area contributed by atoms with E-state index in [0.29, 0.717) is 40.6 Å². The van der Waals surface area contributed by atoms with Crippen LogP contribution in [0.4, 0.5) is 17.3 Å². The molecule has 0 unspecified atom stereocenters. The van der Waals surface area contributed by atoms with E-state index in [0.717, 1.165) is 50.3 Å². The molecule has 0 amide bonds. The van der Waals surface area contributed by atoms with E-state index < -0.39 is 9.84 Å². The monoisotopic (exact) mass is 606 g/mol. The molecule has 44 heavy (non-hydrogen) atoms. The van der Waals surface area contributed by atoms with Gasteiger partial charge >= 0.3 is 0 Å². The minimum Gasteiger partial charge on any atom is -0.369 e. The Hall–Kier alpha value is -4.54. The maximum atomic E-state index is 14.1. The second kappa shape index (κ2) is 11.5. The van der Waals surface area contributed by atoms with E-state index in [4.69, 9.17) is 4.98 Å². The van der Waals surface area contributed by atoms with Gasteiger partial charge in [0.2, 0.25) is 15.8 Å². The molecule has 0 radical (unpaired) electrons. The molecule has 1 aliphatic heterocycles. The van der Waals surface area contributed by atoms with Crippen molar-refractivity contribution in [2.75, 3.05) is 36.4 Å². The molecule has 10 heteroatoms. The Bertz CT molecular complexity index is 2020. The molecule has 0 atom stereocenters. The summed E-state index contributed by atoms with van der Waals surface area (Å²) in [5.74, 6) is 0.788. The van der Waals surface area contributed by atoms with Crippen molar-refractivity contribution in [2.45, 2.75) is 36.1 Å². The number of nitrogens with zero attached hydrogens (tertiary/aromatic N) is 4. The molecule has 2 aliphatic rings. The maximum Gasteiger partial charge on any atom is 0.260 e. The summed E-state index contributed by atoms with van der Waals surface area (Å²) >= 11 is 0. The average molecular weight is 607 g/mol. The van der Waals surface area contributed by atoms with E-state index in [2.05, 4.69) is 39.6 Å². The summed E-state index contributed by atoms with van der Waals surface area (Å²) in [5, 5.41) is 7.39. The summed E-state index contributed by atoms with van der Waals surface area (Å²) in [4.78, 5) is 26.2. The highest BCUT2D eigenvalue weighted by atomic mass is 32.2. The van der Waals surface area contributed by atoms with E-state index in [1.165, 1.54) is 5.69 Å². The number of piperazine rings is 1. The lowest BCUT2D eigenvalue weighted by atomic mass is 10.1. The minimum atomic E-state index is -3.86. The van der Waals surface area contributed by atoms with Crippen molar-refractivity contribution in [2.24, 2.45) is 5.92 Å². The molecule has 1 saturated heterocycles. The van der Waals surface area contributed by atoms with Crippen LogP contribution in [0.25, 0.3) is 22.2 Å². The van der Waals surface area contributed by atoms with Gasteiger partial charge in [0.25, 0.3) is 5.56 Å². The quantitative estimate of drug-likeness (QED) is 0.249. The number of hydrogen-bond acceptors (Lipinski definition) is 8. The molecular weight excluding hydrogens is 572 g/mol. The summed E-state index contributed by atoms with van der Waals surface area (Å²) < 4.78 is 29.1. The summed E-state index contributed by atoms with van der Waals surface area (Å²) in [7, 11) is -3.86. The Morgan fingerprint density at radius 3 is 2.43 bits per heavy atom.